The number of nitrogens with zero attached hydrogens (tertiary/aromatic N) is 2. The third-order valence-corrected chi connectivity index (χ3v) is 5.15. The van der Waals surface area contributed by atoms with Gasteiger partial charge in [0.1, 0.15) is 5.75 Å². The molecule has 0 aliphatic carbocycles. The summed E-state index contributed by atoms with van der Waals surface area (Å²) in [5.41, 5.74) is 1.74. The molecule has 1 fully saturated rings. The van der Waals surface area contributed by atoms with Gasteiger partial charge in [-0.25, -0.2) is 0 Å². The number of carbonyl (C=O) groups is 1. The largest absolute Gasteiger partial charge is 0.497 e. The molecule has 1 amide bonds. The lowest BCUT2D eigenvalue weighted by molar-refractivity contribution is 0.0746. The van der Waals surface area contributed by atoms with Crippen LogP contribution in [0.15, 0.2) is 42.5 Å². The molecule has 0 atom stereocenters. The predicted octanol–water partition coefficient (Wildman–Crippen LogP) is 3.85. The molecule has 1 heterocycles. The van der Waals surface area contributed by atoms with Crippen LogP contribution in [-0.4, -0.2) is 57.8 Å². The van der Waals surface area contributed by atoms with Crippen LogP contribution in [0.2, 0.25) is 0 Å². The maximum atomic E-state index is 13.0. The molecule has 0 spiro atoms. The van der Waals surface area contributed by atoms with Gasteiger partial charge in [-0.05, 0) is 36.8 Å². The van der Waals surface area contributed by atoms with E-state index in [-0.39, 0.29) is 5.91 Å². The number of piperazine rings is 1. The van der Waals surface area contributed by atoms with Crippen molar-refractivity contribution in [2.75, 3.05) is 51.9 Å². The average molecular weight is 399 g/mol. The predicted molar refractivity (Wildman–Crippen MR) is 115 cm³/mol. The van der Waals surface area contributed by atoms with Gasteiger partial charge in [0.15, 0.2) is 11.5 Å². The highest BCUT2D eigenvalue weighted by atomic mass is 16.5. The molecular formula is C23H30N2O4. The number of ether oxygens (including phenoxy) is 3. The lowest BCUT2D eigenvalue weighted by atomic mass is 10.1. The maximum Gasteiger partial charge on any atom is 0.254 e. The Morgan fingerprint density at radius 3 is 2.45 bits per heavy atom. The highest BCUT2D eigenvalue weighted by Gasteiger charge is 2.23. The molecule has 0 unspecified atom stereocenters. The summed E-state index contributed by atoms with van der Waals surface area (Å²) in [6.45, 7) is 5.69. The summed E-state index contributed by atoms with van der Waals surface area (Å²) in [5, 5.41) is 0. The van der Waals surface area contributed by atoms with E-state index in [1.165, 1.54) is 0 Å². The molecule has 0 N–H and O–H groups in total. The molecule has 6 heteroatoms. The summed E-state index contributed by atoms with van der Waals surface area (Å²) in [6.07, 6.45) is 2.06. The van der Waals surface area contributed by atoms with Gasteiger partial charge in [-0.2, -0.15) is 0 Å². The van der Waals surface area contributed by atoms with Gasteiger partial charge in [-0.1, -0.05) is 19.4 Å². The van der Waals surface area contributed by atoms with E-state index in [4.69, 9.17) is 14.2 Å². The summed E-state index contributed by atoms with van der Waals surface area (Å²) >= 11 is 0. The second-order valence-electron chi connectivity index (χ2n) is 7.05. The van der Waals surface area contributed by atoms with Gasteiger partial charge in [0.25, 0.3) is 5.91 Å². The molecule has 0 radical (unpaired) electrons. The van der Waals surface area contributed by atoms with Gasteiger partial charge in [0, 0.05) is 43.5 Å². The van der Waals surface area contributed by atoms with Crippen LogP contribution in [0.4, 0.5) is 5.69 Å². The zero-order valence-electron chi connectivity index (χ0n) is 17.5. The number of benzene rings is 2. The molecule has 1 aliphatic rings. The van der Waals surface area contributed by atoms with Crippen LogP contribution in [0.5, 0.6) is 17.2 Å². The Labute approximate surface area is 173 Å². The van der Waals surface area contributed by atoms with Gasteiger partial charge in [-0.3, -0.25) is 4.79 Å². The number of hydrogen-bond donors (Lipinski definition) is 0. The van der Waals surface area contributed by atoms with E-state index in [1.807, 2.05) is 35.2 Å². The number of anilines is 1. The van der Waals surface area contributed by atoms with Crippen LogP contribution in [0, 0.1) is 0 Å². The lowest BCUT2D eigenvalue weighted by Gasteiger charge is -2.36. The topological polar surface area (TPSA) is 51.2 Å². The van der Waals surface area contributed by atoms with Crippen LogP contribution in [0.1, 0.15) is 30.1 Å². The summed E-state index contributed by atoms with van der Waals surface area (Å²) in [6, 6.07) is 13.4. The second kappa shape index (κ2) is 10.0. The monoisotopic (exact) mass is 398 g/mol. The maximum absolute atomic E-state index is 13.0. The van der Waals surface area contributed by atoms with Gasteiger partial charge >= 0.3 is 0 Å². The normalized spacial score (nSPS) is 13.9. The van der Waals surface area contributed by atoms with Crippen LogP contribution >= 0.6 is 0 Å². The zero-order valence-corrected chi connectivity index (χ0v) is 17.5. The van der Waals surface area contributed by atoms with Crippen molar-refractivity contribution < 1.29 is 19.0 Å². The summed E-state index contributed by atoms with van der Waals surface area (Å²) < 4.78 is 16.5. The Morgan fingerprint density at radius 1 is 0.966 bits per heavy atom. The fraction of sp³-hybridized carbons (Fsp3) is 0.435. The Balaban J connectivity index is 1.62. The van der Waals surface area contributed by atoms with Crippen molar-refractivity contribution in [1.82, 2.24) is 4.90 Å². The summed E-state index contributed by atoms with van der Waals surface area (Å²) in [5.74, 6) is 2.14. The third-order valence-electron chi connectivity index (χ3n) is 5.15. The van der Waals surface area contributed by atoms with Crippen LogP contribution < -0.4 is 19.1 Å². The molecule has 0 saturated carbocycles. The molecule has 2 aromatic rings. The van der Waals surface area contributed by atoms with Crippen LogP contribution in [-0.2, 0) is 0 Å². The number of rotatable bonds is 8. The number of hydrogen-bond acceptors (Lipinski definition) is 5. The Hall–Kier alpha value is -2.89. The Kier molecular flexibility index (Phi) is 7.22. The minimum atomic E-state index is 0.0219. The van der Waals surface area contributed by atoms with E-state index < -0.39 is 0 Å². The standard InChI is InChI=1S/C23H30N2O4/c1-4-5-15-29-21-10-9-18(16-22(21)28-3)23(26)25-13-11-24(12-14-25)19-7-6-8-20(17-19)27-2/h6-10,16-17H,4-5,11-15H2,1-3H3. The van der Waals surface area contributed by atoms with E-state index in [1.54, 1.807) is 20.3 Å². The first-order chi connectivity index (χ1) is 14.2. The average Bonchev–Trinajstić information content (AvgIpc) is 2.79. The van der Waals surface area contributed by atoms with E-state index in [0.717, 1.165) is 37.4 Å². The zero-order chi connectivity index (χ0) is 20.6. The highest BCUT2D eigenvalue weighted by Crippen LogP contribution is 2.29. The van der Waals surface area contributed by atoms with Crippen molar-refractivity contribution in [3.05, 3.63) is 48.0 Å². The SMILES string of the molecule is CCCCOc1ccc(C(=O)N2CCN(c3cccc(OC)c3)CC2)cc1OC. The van der Waals surface area contributed by atoms with E-state index in [0.29, 0.717) is 36.8 Å². The van der Waals surface area contributed by atoms with Crippen molar-refractivity contribution in [2.24, 2.45) is 0 Å². The molecule has 1 aliphatic heterocycles. The quantitative estimate of drug-likeness (QED) is 0.633. The smallest absolute Gasteiger partial charge is 0.254 e. The lowest BCUT2D eigenvalue weighted by Crippen LogP contribution is -2.48. The molecular weight excluding hydrogens is 368 g/mol. The summed E-state index contributed by atoms with van der Waals surface area (Å²) in [4.78, 5) is 17.1. The first-order valence-electron chi connectivity index (χ1n) is 10.2. The molecule has 0 bridgehead atoms. The first-order valence-corrected chi connectivity index (χ1v) is 10.2. The van der Waals surface area contributed by atoms with Gasteiger partial charge in [-0.15, -0.1) is 0 Å². The van der Waals surface area contributed by atoms with Crippen molar-refractivity contribution in [3.8, 4) is 17.2 Å². The number of unbranched alkanes of at least 4 members (excludes halogenated alkanes) is 1. The van der Waals surface area contributed by atoms with Crippen LogP contribution in [0.25, 0.3) is 0 Å². The minimum Gasteiger partial charge on any atom is -0.497 e. The molecule has 2 aromatic carbocycles. The van der Waals surface area contributed by atoms with Gasteiger partial charge < -0.3 is 24.0 Å². The second-order valence-corrected chi connectivity index (χ2v) is 7.05. The van der Waals surface area contributed by atoms with E-state index in [2.05, 4.69) is 17.9 Å². The van der Waals surface area contributed by atoms with Crippen molar-refractivity contribution in [2.45, 2.75) is 19.8 Å². The highest BCUT2D eigenvalue weighted by molar-refractivity contribution is 5.95. The first kappa shape index (κ1) is 20.8. The minimum absolute atomic E-state index is 0.0219. The third kappa shape index (κ3) is 5.13. The van der Waals surface area contributed by atoms with Crippen molar-refractivity contribution >= 4 is 11.6 Å². The Bertz CT molecular complexity index is 816. The molecule has 6 nitrogen and oxygen atoms in total. The fourth-order valence-corrected chi connectivity index (χ4v) is 3.40. The van der Waals surface area contributed by atoms with E-state index in [9.17, 15) is 4.79 Å². The molecule has 1 saturated heterocycles. The van der Waals surface area contributed by atoms with E-state index >= 15 is 0 Å². The number of carbonyl (C=O) groups excluding carboxylic acids is 1. The van der Waals surface area contributed by atoms with Gasteiger partial charge in [0.2, 0.25) is 0 Å². The molecule has 3 rings (SSSR count). The van der Waals surface area contributed by atoms with Gasteiger partial charge in [0.05, 0.1) is 20.8 Å². The fourth-order valence-electron chi connectivity index (χ4n) is 3.40. The molecule has 156 valence electrons. The Morgan fingerprint density at radius 2 is 1.76 bits per heavy atom. The van der Waals surface area contributed by atoms with Crippen molar-refractivity contribution in [3.63, 3.8) is 0 Å². The molecule has 0 aromatic heterocycles. The number of methoxy groups -OCH3 is 2. The number of amides is 1. The molecule has 29 heavy (non-hydrogen) atoms. The van der Waals surface area contributed by atoms with Crippen LogP contribution in [0.3, 0.4) is 0 Å². The summed E-state index contributed by atoms with van der Waals surface area (Å²) in [7, 11) is 3.27. The van der Waals surface area contributed by atoms with Crippen molar-refractivity contribution in [1.29, 1.82) is 0 Å².